The number of nitrogens with zero attached hydrogens (tertiary/aromatic N) is 2. The van der Waals surface area contributed by atoms with E-state index in [-0.39, 0.29) is 0 Å². The Morgan fingerprint density at radius 2 is 0.893 bits per heavy atom. The molecule has 1 amide bonds. The second-order valence-electron chi connectivity index (χ2n) is 6.85. The molecular formula is C22H39N3O3. The highest BCUT2D eigenvalue weighted by atomic mass is 16.4. The molecule has 0 aromatic rings. The summed E-state index contributed by atoms with van der Waals surface area (Å²) in [4.78, 5) is 18.5. The topological polar surface area (TPSA) is 81.0 Å². The molecule has 0 heterocycles. The first-order valence-corrected chi connectivity index (χ1v) is 8.58. The van der Waals surface area contributed by atoms with Crippen molar-refractivity contribution >= 4 is 11.9 Å². The fourth-order valence-electron chi connectivity index (χ4n) is 1.55. The van der Waals surface area contributed by atoms with Crippen LogP contribution in [0.15, 0.2) is 75.9 Å². The lowest BCUT2D eigenvalue weighted by atomic mass is 10.4. The van der Waals surface area contributed by atoms with Crippen LogP contribution < -0.4 is 5.11 Å². The summed E-state index contributed by atoms with van der Waals surface area (Å²) < 4.78 is 1.90. The van der Waals surface area contributed by atoms with E-state index in [1.54, 1.807) is 0 Å². The van der Waals surface area contributed by atoms with E-state index in [9.17, 15) is 4.79 Å². The van der Waals surface area contributed by atoms with Crippen LogP contribution in [0.2, 0.25) is 0 Å². The number of hydrogen-bond acceptors (Lipinski definition) is 3. The molecule has 0 aromatic heterocycles. The first kappa shape index (κ1) is 32.9. The lowest BCUT2D eigenvalue weighted by Crippen LogP contribution is -2.39. The normalized spacial score (nSPS) is 9.29. The molecule has 0 aliphatic heterocycles. The highest BCUT2D eigenvalue weighted by molar-refractivity contribution is 5.93. The Hall–Kier alpha value is -2.70. The van der Waals surface area contributed by atoms with Crippen LogP contribution in [0.4, 0.5) is 0 Å². The molecule has 0 aromatic carbocycles. The Morgan fingerprint density at radius 1 is 0.714 bits per heavy atom. The molecule has 6 nitrogen and oxygen atoms in total. The summed E-state index contributed by atoms with van der Waals surface area (Å²) in [7, 11) is 8.62. The molecule has 0 aliphatic carbocycles. The Kier molecular flexibility index (Phi) is 24.2. The first-order chi connectivity index (χ1) is 12.8. The number of likely N-dealkylation sites (N-methyl/N-ethyl adjacent to an activating group) is 2. The number of rotatable bonds is 10. The highest BCUT2D eigenvalue weighted by Crippen LogP contribution is 1.95. The molecular weight excluding hydrogens is 354 g/mol. The molecule has 0 atom stereocenters. The van der Waals surface area contributed by atoms with Crippen molar-refractivity contribution in [3.8, 4) is 0 Å². The maximum atomic E-state index is 9.36. The van der Waals surface area contributed by atoms with Crippen LogP contribution >= 0.6 is 0 Å². The molecule has 6 heteroatoms. The summed E-state index contributed by atoms with van der Waals surface area (Å²) in [5.41, 5.74) is 6.07. The van der Waals surface area contributed by atoms with Crippen LogP contribution in [0.5, 0.6) is 0 Å². The van der Waals surface area contributed by atoms with Gasteiger partial charge in [-0.25, -0.2) is 0 Å². The molecule has 0 aliphatic rings. The van der Waals surface area contributed by atoms with Crippen LogP contribution in [0.25, 0.3) is 5.73 Å². The second kappa shape index (κ2) is 20.6. The van der Waals surface area contributed by atoms with E-state index in [1.165, 1.54) is 0 Å². The van der Waals surface area contributed by atoms with Crippen molar-refractivity contribution in [3.05, 3.63) is 81.7 Å². The van der Waals surface area contributed by atoms with Gasteiger partial charge in [0, 0.05) is 0 Å². The zero-order valence-corrected chi connectivity index (χ0v) is 18.2. The van der Waals surface area contributed by atoms with Gasteiger partial charge in [-0.15, -0.1) is 0 Å². The fraction of sp³-hybridized carbons (Fsp3) is 0.364. The van der Waals surface area contributed by atoms with E-state index in [0.29, 0.717) is 0 Å². The van der Waals surface area contributed by atoms with Crippen molar-refractivity contribution in [2.45, 2.75) is 0 Å². The van der Waals surface area contributed by atoms with Gasteiger partial charge in [-0.1, -0.05) is 39.5 Å². The lowest BCUT2D eigenvalue weighted by molar-refractivity contribution is -0.878. The number of nitrogens with one attached hydrogen (secondary N) is 1. The fourth-order valence-corrected chi connectivity index (χ4v) is 1.55. The zero-order chi connectivity index (χ0) is 23.2. The number of carboxylic acid groups (broad SMARTS) is 1. The van der Waals surface area contributed by atoms with Crippen LogP contribution in [0.1, 0.15) is 0 Å². The number of quaternary nitrogens is 2. The van der Waals surface area contributed by atoms with E-state index in [4.69, 9.17) is 15.6 Å². The van der Waals surface area contributed by atoms with Gasteiger partial charge in [-0.2, -0.15) is 0 Å². The van der Waals surface area contributed by atoms with Gasteiger partial charge in [0.2, 0.25) is 0 Å². The molecule has 1 N–H and O–H groups in total. The van der Waals surface area contributed by atoms with Gasteiger partial charge in [-0.3, -0.25) is 0 Å². The summed E-state index contributed by atoms with van der Waals surface area (Å²) in [6.45, 7) is 24.7. The Morgan fingerprint density at radius 3 is 0.964 bits per heavy atom. The number of carbonyl (C=O) groups excluding carboxylic acids is 2. The third kappa shape index (κ3) is 38.7. The van der Waals surface area contributed by atoms with E-state index < -0.39 is 11.9 Å². The van der Waals surface area contributed by atoms with Gasteiger partial charge >= 0.3 is 0 Å². The minimum Gasteiger partial charge on any atom is -0.664 e. The minimum absolute atomic E-state index is 0.722. The SMILES string of the molecule is C=CC(=O)[O-].C=CC([NH-])=O.C=CC[N+](C)(C)CC=C.C=CC[N+](C)(C)CC=C. The number of amides is 1. The third-order valence-electron chi connectivity index (χ3n) is 2.85. The van der Waals surface area contributed by atoms with E-state index in [0.717, 1.165) is 47.3 Å². The van der Waals surface area contributed by atoms with Crippen LogP contribution in [-0.4, -0.2) is 75.2 Å². The monoisotopic (exact) mass is 393 g/mol. The largest absolute Gasteiger partial charge is 0.664 e. The summed E-state index contributed by atoms with van der Waals surface area (Å²) in [6.07, 6.45) is 9.40. The van der Waals surface area contributed by atoms with Crippen molar-refractivity contribution in [2.24, 2.45) is 0 Å². The molecule has 28 heavy (non-hydrogen) atoms. The molecule has 0 bridgehead atoms. The van der Waals surface area contributed by atoms with E-state index in [1.807, 2.05) is 24.3 Å². The van der Waals surface area contributed by atoms with Crippen molar-refractivity contribution in [3.63, 3.8) is 0 Å². The second-order valence-corrected chi connectivity index (χ2v) is 6.85. The quantitative estimate of drug-likeness (QED) is 0.325. The van der Waals surface area contributed by atoms with Crippen molar-refractivity contribution < 1.29 is 23.7 Å². The van der Waals surface area contributed by atoms with Gasteiger partial charge < -0.3 is 29.4 Å². The van der Waals surface area contributed by atoms with Gasteiger partial charge in [0.25, 0.3) is 0 Å². The molecule has 0 spiro atoms. The maximum absolute atomic E-state index is 9.36. The predicted molar refractivity (Wildman–Crippen MR) is 119 cm³/mol. The Labute approximate surface area is 172 Å². The number of hydrogen-bond donors (Lipinski definition) is 0. The molecule has 0 fully saturated rings. The zero-order valence-electron chi connectivity index (χ0n) is 18.2. The molecule has 0 unspecified atom stereocenters. The average Bonchev–Trinajstić information content (AvgIpc) is 2.56. The number of carbonyl (C=O) groups is 2. The van der Waals surface area contributed by atoms with E-state index >= 15 is 0 Å². The smallest absolute Gasteiger partial charge is 0.0969 e. The van der Waals surface area contributed by atoms with Gasteiger partial charge in [0.05, 0.1) is 66.2 Å². The summed E-state index contributed by atoms with van der Waals surface area (Å²) in [5, 5.41) is 9.14. The van der Waals surface area contributed by atoms with Crippen molar-refractivity contribution in [2.75, 3.05) is 54.4 Å². The summed E-state index contributed by atoms with van der Waals surface area (Å²) in [6, 6.07) is 0. The predicted octanol–water partition coefficient (Wildman–Crippen LogP) is 2.54. The van der Waals surface area contributed by atoms with Crippen LogP contribution in [0.3, 0.4) is 0 Å². The molecule has 0 rings (SSSR count). The maximum Gasteiger partial charge on any atom is 0.0969 e. The molecule has 0 saturated carbocycles. The lowest BCUT2D eigenvalue weighted by Gasteiger charge is -2.26. The molecule has 0 radical (unpaired) electrons. The van der Waals surface area contributed by atoms with Crippen LogP contribution in [-0.2, 0) is 9.59 Å². The first-order valence-electron chi connectivity index (χ1n) is 8.58. The minimum atomic E-state index is -1.23. The van der Waals surface area contributed by atoms with Gasteiger partial charge in [0.15, 0.2) is 0 Å². The Bertz CT molecular complexity index is 437. The Balaban J connectivity index is -0.000000143. The van der Waals surface area contributed by atoms with Crippen molar-refractivity contribution in [1.82, 2.24) is 0 Å². The number of carboxylic acids is 1. The van der Waals surface area contributed by atoms with Crippen LogP contribution in [0, 0.1) is 0 Å². The third-order valence-corrected chi connectivity index (χ3v) is 2.85. The molecule has 160 valence electrons. The standard InChI is InChI=1S/2C8H16N.C3H5NO.C3H4O2/c2*1-5-7-9(3,4)8-6-2;2*1-2-3(4)5/h2*5-6H,1-2,7-8H2,3-4H3;2H,1H2,(H2,4,5);2H,1H2,(H,4,5)/q2*+1;;/p-2. The van der Waals surface area contributed by atoms with Gasteiger partial charge in [-0.05, 0) is 36.5 Å². The van der Waals surface area contributed by atoms with Gasteiger partial charge in [0.1, 0.15) is 0 Å². The highest BCUT2D eigenvalue weighted by Gasteiger charge is 2.08. The molecule has 0 saturated heterocycles. The van der Waals surface area contributed by atoms with Crippen molar-refractivity contribution in [1.29, 1.82) is 0 Å². The summed E-state index contributed by atoms with van der Waals surface area (Å²) in [5.74, 6) is -1.96. The average molecular weight is 394 g/mol. The van der Waals surface area contributed by atoms with E-state index in [2.05, 4.69) is 67.7 Å². The number of aliphatic carboxylic acids is 1. The summed E-state index contributed by atoms with van der Waals surface area (Å²) >= 11 is 0.